The van der Waals surface area contributed by atoms with Crippen molar-refractivity contribution in [2.75, 3.05) is 33.1 Å². The van der Waals surface area contributed by atoms with Gasteiger partial charge in [-0.25, -0.2) is 0 Å². The molecule has 6 heteroatoms. The molecule has 17 heavy (non-hydrogen) atoms. The second-order valence-corrected chi connectivity index (χ2v) is 5.82. The largest absolute Gasteiger partial charge is 0.392 e. The highest BCUT2D eigenvalue weighted by atomic mass is 32.2. The van der Waals surface area contributed by atoms with E-state index < -0.39 is 0 Å². The third-order valence-corrected chi connectivity index (χ3v) is 5.21. The van der Waals surface area contributed by atoms with Gasteiger partial charge in [0.15, 0.2) is 0 Å². The Kier molecular flexibility index (Phi) is 5.69. The third-order valence-electron chi connectivity index (χ3n) is 3.28. The summed E-state index contributed by atoms with van der Waals surface area (Å²) in [6, 6.07) is 0. The molecule has 1 aliphatic rings. The van der Waals surface area contributed by atoms with E-state index in [-0.39, 0.29) is 10.7 Å². The lowest BCUT2D eigenvalue weighted by Gasteiger charge is -2.40. The molecule has 1 rings (SSSR count). The fourth-order valence-corrected chi connectivity index (χ4v) is 3.26. The molecule has 0 unspecified atom stereocenters. The summed E-state index contributed by atoms with van der Waals surface area (Å²) < 4.78 is 4.79. The van der Waals surface area contributed by atoms with Crippen LogP contribution in [-0.2, 0) is 9.53 Å². The van der Waals surface area contributed by atoms with Crippen LogP contribution in [0.15, 0.2) is 0 Å². The number of thioether (sulfide) groups is 1. The third kappa shape index (κ3) is 3.56. The molecule has 0 aliphatic carbocycles. The van der Waals surface area contributed by atoms with E-state index in [1.807, 2.05) is 11.2 Å². The van der Waals surface area contributed by atoms with E-state index >= 15 is 0 Å². The summed E-state index contributed by atoms with van der Waals surface area (Å²) in [5.41, 5.74) is 5.80. The quantitative estimate of drug-likeness (QED) is 0.760. The van der Waals surface area contributed by atoms with Gasteiger partial charge in [-0.2, -0.15) is 11.8 Å². The first kappa shape index (κ1) is 14.7. The summed E-state index contributed by atoms with van der Waals surface area (Å²) in [5.74, 6) is 0.157. The van der Waals surface area contributed by atoms with Crippen molar-refractivity contribution in [2.45, 2.75) is 24.0 Å². The van der Waals surface area contributed by atoms with Gasteiger partial charge in [0.2, 0.25) is 5.91 Å². The van der Waals surface area contributed by atoms with Crippen molar-refractivity contribution < 1.29 is 9.53 Å². The lowest BCUT2D eigenvalue weighted by atomic mass is 9.95. The minimum absolute atomic E-state index is 0.118. The maximum Gasteiger partial charge on any atom is 0.224 e. The van der Waals surface area contributed by atoms with Crippen LogP contribution in [0.2, 0.25) is 0 Å². The van der Waals surface area contributed by atoms with Gasteiger partial charge in [0.25, 0.3) is 0 Å². The number of amides is 1. The fourth-order valence-electron chi connectivity index (χ4n) is 2.02. The predicted molar refractivity (Wildman–Crippen MR) is 75.3 cm³/mol. The Labute approximate surface area is 112 Å². The molecule has 0 aromatic carbocycles. The smallest absolute Gasteiger partial charge is 0.224 e. The normalized spacial score (nSPS) is 19.1. The van der Waals surface area contributed by atoms with Crippen molar-refractivity contribution in [3.8, 4) is 0 Å². The molecule has 0 bridgehead atoms. The molecule has 1 heterocycles. The molecule has 4 nitrogen and oxygen atoms in total. The van der Waals surface area contributed by atoms with Crippen LogP contribution in [0.25, 0.3) is 0 Å². The molecule has 0 radical (unpaired) electrons. The van der Waals surface area contributed by atoms with Gasteiger partial charge in [-0.15, -0.1) is 0 Å². The standard InChI is InChI=1S/C11H20N2O2S2/c1-15-8-3-9(14)13-6-4-11(17-2,5-7-13)10(12)16/h3-8H2,1-2H3,(H2,12,16). The molecule has 98 valence electrons. The molecular formula is C11H20N2O2S2. The minimum atomic E-state index is -0.118. The summed E-state index contributed by atoms with van der Waals surface area (Å²) in [6.45, 7) is 1.96. The first-order valence-electron chi connectivity index (χ1n) is 5.67. The molecule has 1 amide bonds. The average Bonchev–Trinajstić information content (AvgIpc) is 2.35. The molecule has 0 spiro atoms. The summed E-state index contributed by atoms with van der Waals surface area (Å²) in [6.07, 6.45) is 4.18. The van der Waals surface area contributed by atoms with E-state index in [4.69, 9.17) is 22.7 Å². The van der Waals surface area contributed by atoms with Crippen LogP contribution < -0.4 is 5.73 Å². The van der Waals surface area contributed by atoms with Crippen LogP contribution in [0.3, 0.4) is 0 Å². The number of carbonyl (C=O) groups excluding carboxylic acids is 1. The van der Waals surface area contributed by atoms with Crippen molar-refractivity contribution >= 4 is 34.9 Å². The number of ether oxygens (including phenoxy) is 1. The zero-order valence-electron chi connectivity index (χ0n) is 10.4. The number of methoxy groups -OCH3 is 1. The number of thiocarbonyl (C=S) groups is 1. The molecule has 2 N–H and O–H groups in total. The molecular weight excluding hydrogens is 256 g/mol. The Morgan fingerprint density at radius 3 is 2.53 bits per heavy atom. The van der Waals surface area contributed by atoms with Gasteiger partial charge in [-0.1, -0.05) is 12.2 Å². The summed E-state index contributed by atoms with van der Waals surface area (Å²) >= 11 is 6.84. The number of piperidine rings is 1. The predicted octanol–water partition coefficient (Wildman–Crippen LogP) is 1.03. The maximum atomic E-state index is 11.8. The number of hydrogen-bond acceptors (Lipinski definition) is 4. The van der Waals surface area contributed by atoms with Gasteiger partial charge in [-0.05, 0) is 19.1 Å². The van der Waals surface area contributed by atoms with Gasteiger partial charge >= 0.3 is 0 Å². The van der Waals surface area contributed by atoms with Crippen LogP contribution in [0, 0.1) is 0 Å². The summed E-state index contributed by atoms with van der Waals surface area (Å²) in [5, 5.41) is 0. The summed E-state index contributed by atoms with van der Waals surface area (Å²) in [4.78, 5) is 14.2. The Balaban J connectivity index is 2.49. The zero-order valence-corrected chi connectivity index (χ0v) is 12.0. The number of rotatable bonds is 5. The fraction of sp³-hybridized carbons (Fsp3) is 0.818. The Bertz CT molecular complexity index is 289. The van der Waals surface area contributed by atoms with Crippen molar-refractivity contribution in [1.29, 1.82) is 0 Å². The number of nitrogens with two attached hydrogens (primary N) is 1. The average molecular weight is 276 g/mol. The first-order chi connectivity index (χ1) is 8.05. The van der Waals surface area contributed by atoms with Crippen molar-refractivity contribution in [3.05, 3.63) is 0 Å². The lowest BCUT2D eigenvalue weighted by Crippen LogP contribution is -2.50. The summed E-state index contributed by atoms with van der Waals surface area (Å²) in [7, 11) is 1.61. The van der Waals surface area contributed by atoms with Gasteiger partial charge in [0.1, 0.15) is 0 Å². The molecule has 1 aliphatic heterocycles. The number of hydrogen-bond donors (Lipinski definition) is 1. The molecule has 0 aromatic heterocycles. The van der Waals surface area contributed by atoms with Crippen LogP contribution in [-0.4, -0.2) is 53.6 Å². The van der Waals surface area contributed by atoms with Gasteiger partial charge in [-0.3, -0.25) is 4.79 Å². The van der Waals surface area contributed by atoms with Crippen LogP contribution >= 0.6 is 24.0 Å². The van der Waals surface area contributed by atoms with Gasteiger partial charge < -0.3 is 15.4 Å². The van der Waals surface area contributed by atoms with E-state index in [2.05, 4.69) is 0 Å². The molecule has 0 aromatic rings. The van der Waals surface area contributed by atoms with Crippen LogP contribution in [0.1, 0.15) is 19.3 Å². The number of carbonyl (C=O) groups is 1. The van der Waals surface area contributed by atoms with E-state index in [0.29, 0.717) is 18.0 Å². The second-order valence-electron chi connectivity index (χ2n) is 4.19. The SMILES string of the molecule is COCCC(=O)N1CCC(SC)(C(N)=S)CC1. The Morgan fingerprint density at radius 1 is 1.53 bits per heavy atom. The topological polar surface area (TPSA) is 55.6 Å². The lowest BCUT2D eigenvalue weighted by molar-refractivity contribution is -0.133. The molecule has 1 saturated heterocycles. The zero-order chi connectivity index (χ0) is 12.9. The van der Waals surface area contributed by atoms with Crippen molar-refractivity contribution in [1.82, 2.24) is 4.90 Å². The monoisotopic (exact) mass is 276 g/mol. The minimum Gasteiger partial charge on any atom is -0.392 e. The highest BCUT2D eigenvalue weighted by Crippen LogP contribution is 2.34. The molecule has 0 saturated carbocycles. The number of nitrogens with zero attached hydrogens (tertiary/aromatic N) is 1. The molecule has 1 fully saturated rings. The van der Waals surface area contributed by atoms with E-state index in [0.717, 1.165) is 25.9 Å². The van der Waals surface area contributed by atoms with Gasteiger partial charge in [0, 0.05) is 20.2 Å². The van der Waals surface area contributed by atoms with E-state index in [1.165, 1.54) is 0 Å². The Hall–Kier alpha value is -0.330. The number of likely N-dealkylation sites (tertiary alicyclic amines) is 1. The van der Waals surface area contributed by atoms with Crippen LogP contribution in [0.4, 0.5) is 0 Å². The highest BCUT2D eigenvalue weighted by molar-refractivity contribution is 8.02. The van der Waals surface area contributed by atoms with Crippen molar-refractivity contribution in [3.63, 3.8) is 0 Å². The van der Waals surface area contributed by atoms with Crippen LogP contribution in [0.5, 0.6) is 0 Å². The maximum absolute atomic E-state index is 11.8. The Morgan fingerprint density at radius 2 is 2.12 bits per heavy atom. The highest BCUT2D eigenvalue weighted by Gasteiger charge is 2.37. The van der Waals surface area contributed by atoms with Crippen molar-refractivity contribution in [2.24, 2.45) is 5.73 Å². The van der Waals surface area contributed by atoms with E-state index in [1.54, 1.807) is 18.9 Å². The first-order valence-corrected chi connectivity index (χ1v) is 7.31. The molecule has 0 atom stereocenters. The van der Waals surface area contributed by atoms with E-state index in [9.17, 15) is 4.79 Å². The van der Waals surface area contributed by atoms with Gasteiger partial charge in [0.05, 0.1) is 22.8 Å². The second kappa shape index (κ2) is 6.56.